The van der Waals surface area contributed by atoms with Gasteiger partial charge in [0, 0.05) is 30.6 Å². The van der Waals surface area contributed by atoms with E-state index >= 15 is 0 Å². The fourth-order valence-corrected chi connectivity index (χ4v) is 2.20. The summed E-state index contributed by atoms with van der Waals surface area (Å²) >= 11 is 0. The van der Waals surface area contributed by atoms with Crippen LogP contribution in [0.15, 0.2) is 48.8 Å². The van der Waals surface area contributed by atoms with Gasteiger partial charge in [0.15, 0.2) is 0 Å². The molecule has 2 heterocycles. The average Bonchev–Trinajstić information content (AvgIpc) is 2.90. The van der Waals surface area contributed by atoms with E-state index in [1.807, 2.05) is 53.2 Å². The first-order valence-corrected chi connectivity index (χ1v) is 6.62. The van der Waals surface area contributed by atoms with Gasteiger partial charge in [-0.1, -0.05) is 18.2 Å². The molecule has 0 aliphatic heterocycles. The highest BCUT2D eigenvalue weighted by Gasteiger charge is 2.05. The zero-order valence-electron chi connectivity index (χ0n) is 11.6. The van der Waals surface area contributed by atoms with E-state index in [0.717, 1.165) is 28.2 Å². The summed E-state index contributed by atoms with van der Waals surface area (Å²) in [5, 5.41) is 11.9. The lowest BCUT2D eigenvalue weighted by molar-refractivity contribution is -0.114. The summed E-state index contributed by atoms with van der Waals surface area (Å²) in [7, 11) is 0. The van der Waals surface area contributed by atoms with Crippen molar-refractivity contribution in [1.82, 2.24) is 9.38 Å². The monoisotopic (exact) mass is 281 g/mol. The van der Waals surface area contributed by atoms with Crippen LogP contribution in [0.4, 0.5) is 5.69 Å². The maximum absolute atomic E-state index is 11.0. The van der Waals surface area contributed by atoms with E-state index in [0.29, 0.717) is 0 Å². The molecule has 0 saturated heterocycles. The van der Waals surface area contributed by atoms with Gasteiger partial charge in [0.1, 0.15) is 5.65 Å². The van der Waals surface area contributed by atoms with Gasteiger partial charge in [-0.05, 0) is 23.8 Å². The smallest absolute Gasteiger partial charge is 0.221 e. The number of carbonyl (C=O) groups is 1. The fraction of sp³-hybridized carbons (Fsp3) is 0.125. The van der Waals surface area contributed by atoms with Crippen molar-refractivity contribution < 1.29 is 9.90 Å². The summed E-state index contributed by atoms with van der Waals surface area (Å²) in [5.74, 6) is -0.0907. The van der Waals surface area contributed by atoms with Crippen molar-refractivity contribution in [2.45, 2.75) is 13.5 Å². The molecule has 5 heteroatoms. The Labute approximate surface area is 121 Å². The summed E-state index contributed by atoms with van der Waals surface area (Å²) in [6.45, 7) is 1.49. The number of hydrogen-bond acceptors (Lipinski definition) is 3. The highest BCUT2D eigenvalue weighted by atomic mass is 16.3. The third kappa shape index (κ3) is 2.78. The maximum Gasteiger partial charge on any atom is 0.221 e. The first-order chi connectivity index (χ1) is 10.2. The number of hydrogen-bond donors (Lipinski definition) is 2. The number of imidazole rings is 1. The highest BCUT2D eigenvalue weighted by Crippen LogP contribution is 2.21. The standard InChI is InChI=1S/C16H15N3O2/c1-11(21)17-14-5-3-13(4-6-14)15-9-19-8-12(10-20)2-7-16(19)18-15/h2-9,20H,10H2,1H3,(H,17,21). The molecule has 0 saturated carbocycles. The van der Waals surface area contributed by atoms with Crippen LogP contribution in [-0.4, -0.2) is 20.4 Å². The van der Waals surface area contributed by atoms with Gasteiger partial charge in [-0.25, -0.2) is 4.98 Å². The lowest BCUT2D eigenvalue weighted by Crippen LogP contribution is -2.05. The van der Waals surface area contributed by atoms with Gasteiger partial charge in [-0.15, -0.1) is 0 Å². The van der Waals surface area contributed by atoms with Crippen molar-refractivity contribution in [2.24, 2.45) is 0 Å². The molecule has 0 atom stereocenters. The van der Waals surface area contributed by atoms with Crippen LogP contribution in [0, 0.1) is 0 Å². The van der Waals surface area contributed by atoms with Crippen molar-refractivity contribution in [2.75, 3.05) is 5.32 Å². The second kappa shape index (κ2) is 5.38. The van der Waals surface area contributed by atoms with Gasteiger partial charge in [-0.3, -0.25) is 4.79 Å². The van der Waals surface area contributed by atoms with Crippen LogP contribution in [-0.2, 0) is 11.4 Å². The predicted octanol–water partition coefficient (Wildman–Crippen LogP) is 2.45. The van der Waals surface area contributed by atoms with Crippen LogP contribution in [0.5, 0.6) is 0 Å². The Bertz CT molecular complexity index is 791. The first-order valence-electron chi connectivity index (χ1n) is 6.62. The Hall–Kier alpha value is -2.66. The Morgan fingerprint density at radius 1 is 1.19 bits per heavy atom. The van der Waals surface area contributed by atoms with Gasteiger partial charge in [0.05, 0.1) is 12.3 Å². The van der Waals surface area contributed by atoms with Gasteiger partial charge >= 0.3 is 0 Å². The molecule has 0 bridgehead atoms. The lowest BCUT2D eigenvalue weighted by Gasteiger charge is -2.02. The predicted molar refractivity (Wildman–Crippen MR) is 80.9 cm³/mol. The zero-order chi connectivity index (χ0) is 14.8. The molecule has 1 amide bonds. The van der Waals surface area contributed by atoms with Crippen molar-refractivity contribution in [3.8, 4) is 11.3 Å². The van der Waals surface area contributed by atoms with Crippen molar-refractivity contribution in [1.29, 1.82) is 0 Å². The maximum atomic E-state index is 11.0. The fourth-order valence-electron chi connectivity index (χ4n) is 2.20. The minimum Gasteiger partial charge on any atom is -0.392 e. The summed E-state index contributed by atoms with van der Waals surface area (Å²) < 4.78 is 1.89. The van der Waals surface area contributed by atoms with Gasteiger partial charge in [-0.2, -0.15) is 0 Å². The summed E-state index contributed by atoms with van der Waals surface area (Å²) in [5.41, 5.74) is 4.25. The number of fused-ring (bicyclic) bond motifs is 1. The molecule has 3 rings (SSSR count). The molecule has 5 nitrogen and oxygen atoms in total. The number of pyridine rings is 1. The van der Waals surface area contributed by atoms with E-state index in [4.69, 9.17) is 5.11 Å². The van der Waals surface area contributed by atoms with Gasteiger partial charge in [0.25, 0.3) is 0 Å². The normalized spacial score (nSPS) is 10.8. The first kappa shape index (κ1) is 13.3. The van der Waals surface area contributed by atoms with Crippen LogP contribution >= 0.6 is 0 Å². The summed E-state index contributed by atoms with van der Waals surface area (Å²) in [6, 6.07) is 11.3. The van der Waals surface area contributed by atoms with Crippen LogP contribution < -0.4 is 5.32 Å². The molecule has 3 aromatic rings. The Kier molecular flexibility index (Phi) is 3.41. The number of aliphatic hydroxyl groups is 1. The van der Waals surface area contributed by atoms with Crippen molar-refractivity contribution in [3.05, 3.63) is 54.4 Å². The number of carbonyl (C=O) groups excluding carboxylic acids is 1. The number of rotatable bonds is 3. The van der Waals surface area contributed by atoms with E-state index < -0.39 is 0 Å². The molecule has 2 N–H and O–H groups in total. The quantitative estimate of drug-likeness (QED) is 0.775. The molecule has 0 aliphatic rings. The molecule has 106 valence electrons. The molecule has 2 aromatic heterocycles. The molecule has 1 aromatic carbocycles. The van der Waals surface area contributed by atoms with E-state index in [1.54, 1.807) is 0 Å². The third-order valence-electron chi connectivity index (χ3n) is 3.20. The number of nitrogens with zero attached hydrogens (tertiary/aromatic N) is 2. The Balaban J connectivity index is 1.94. The Morgan fingerprint density at radius 2 is 1.95 bits per heavy atom. The number of aromatic nitrogens is 2. The van der Waals surface area contributed by atoms with E-state index in [2.05, 4.69) is 10.3 Å². The second-order valence-corrected chi connectivity index (χ2v) is 4.85. The second-order valence-electron chi connectivity index (χ2n) is 4.85. The lowest BCUT2D eigenvalue weighted by atomic mass is 10.1. The van der Waals surface area contributed by atoms with Gasteiger partial charge < -0.3 is 14.8 Å². The molecule has 0 fully saturated rings. The molecule has 0 unspecified atom stereocenters. The zero-order valence-corrected chi connectivity index (χ0v) is 11.6. The minimum atomic E-state index is -0.0907. The van der Waals surface area contributed by atoms with Crippen molar-refractivity contribution >= 4 is 17.2 Å². The summed E-state index contributed by atoms with van der Waals surface area (Å²) in [6.07, 6.45) is 3.78. The number of amides is 1. The van der Waals surface area contributed by atoms with Crippen LogP contribution in [0.1, 0.15) is 12.5 Å². The van der Waals surface area contributed by atoms with Gasteiger partial charge in [0.2, 0.25) is 5.91 Å². The van der Waals surface area contributed by atoms with E-state index in [1.165, 1.54) is 6.92 Å². The van der Waals surface area contributed by atoms with Crippen molar-refractivity contribution in [3.63, 3.8) is 0 Å². The number of aliphatic hydroxyl groups excluding tert-OH is 1. The van der Waals surface area contributed by atoms with Crippen LogP contribution in [0.2, 0.25) is 0 Å². The summed E-state index contributed by atoms with van der Waals surface area (Å²) in [4.78, 5) is 15.5. The van der Waals surface area contributed by atoms with E-state index in [-0.39, 0.29) is 12.5 Å². The minimum absolute atomic E-state index is 0.00880. The molecule has 21 heavy (non-hydrogen) atoms. The number of nitrogens with one attached hydrogen (secondary N) is 1. The molecule has 0 radical (unpaired) electrons. The topological polar surface area (TPSA) is 66.6 Å². The largest absolute Gasteiger partial charge is 0.392 e. The molecule has 0 spiro atoms. The molecule has 0 aliphatic carbocycles. The highest BCUT2D eigenvalue weighted by molar-refractivity contribution is 5.88. The molecular formula is C16H15N3O2. The van der Waals surface area contributed by atoms with Crippen LogP contribution in [0.25, 0.3) is 16.9 Å². The van der Waals surface area contributed by atoms with Crippen LogP contribution in [0.3, 0.4) is 0 Å². The number of benzene rings is 1. The van der Waals surface area contributed by atoms with E-state index in [9.17, 15) is 4.79 Å². The Morgan fingerprint density at radius 3 is 2.62 bits per heavy atom. The average molecular weight is 281 g/mol. The number of anilines is 1. The molecular weight excluding hydrogens is 266 g/mol. The SMILES string of the molecule is CC(=O)Nc1ccc(-c2cn3cc(CO)ccc3n2)cc1. The third-order valence-corrected chi connectivity index (χ3v) is 3.20.